The van der Waals surface area contributed by atoms with Crippen molar-refractivity contribution in [3.63, 3.8) is 0 Å². The molecular weight excluding hydrogens is 149 g/mol. The van der Waals surface area contributed by atoms with Gasteiger partial charge < -0.3 is 9.22 Å². The van der Waals surface area contributed by atoms with E-state index in [0.717, 1.165) is 0 Å². The number of likely N-dealkylation sites (N-methyl/N-ethyl adjacent to an activating group) is 1. The topological polar surface area (TPSA) is 26.3 Å². The predicted molar refractivity (Wildman–Crippen MR) is 39.6 cm³/mol. The number of halogens is 1. The maximum atomic E-state index is 12.7. The van der Waals surface area contributed by atoms with Crippen LogP contribution in [0.25, 0.3) is 0 Å². The van der Waals surface area contributed by atoms with Crippen molar-refractivity contribution in [3.05, 3.63) is 0 Å². The molecule has 0 aliphatic rings. The van der Waals surface area contributed by atoms with E-state index in [2.05, 4.69) is 4.74 Å². The number of hydrogen-bond donors (Lipinski definition) is 0. The molecule has 66 valence electrons. The Labute approximate surface area is 66.3 Å². The van der Waals surface area contributed by atoms with Gasteiger partial charge in [0, 0.05) is 6.92 Å². The Morgan fingerprint density at radius 1 is 1.55 bits per heavy atom. The van der Waals surface area contributed by atoms with E-state index in [0.29, 0.717) is 4.48 Å². The highest BCUT2D eigenvalue weighted by Crippen LogP contribution is 2.00. The van der Waals surface area contributed by atoms with Gasteiger partial charge in [-0.3, -0.25) is 4.79 Å². The summed E-state index contributed by atoms with van der Waals surface area (Å²) in [5.41, 5.74) is 0. The predicted octanol–water partition coefficient (Wildman–Crippen LogP) is 0.551. The van der Waals surface area contributed by atoms with Crippen molar-refractivity contribution in [2.45, 2.75) is 13.3 Å². The minimum absolute atomic E-state index is 0.180. The number of carbonyl (C=O) groups excluding carboxylic acids is 1. The normalized spacial score (nSPS) is 14.3. The largest absolute Gasteiger partial charge is 0.425 e. The summed E-state index contributed by atoms with van der Waals surface area (Å²) in [6, 6.07) is 0. The molecule has 1 atom stereocenters. The molecule has 0 N–H and O–H groups in total. The smallest absolute Gasteiger partial charge is 0.305 e. The number of carbonyl (C=O) groups is 1. The van der Waals surface area contributed by atoms with Crippen LogP contribution in [0.1, 0.15) is 6.92 Å². The summed E-state index contributed by atoms with van der Waals surface area (Å²) >= 11 is 0. The summed E-state index contributed by atoms with van der Waals surface area (Å²) in [6.45, 7) is 1.38. The minimum Gasteiger partial charge on any atom is -0.425 e. The summed E-state index contributed by atoms with van der Waals surface area (Å²) in [5, 5.41) is 0. The molecule has 0 heterocycles. The number of quaternary nitrogens is 1. The van der Waals surface area contributed by atoms with Gasteiger partial charge >= 0.3 is 5.97 Å². The lowest BCUT2D eigenvalue weighted by atomic mass is 10.5. The van der Waals surface area contributed by atoms with Gasteiger partial charge in [-0.25, -0.2) is 0 Å². The van der Waals surface area contributed by atoms with E-state index in [1.165, 1.54) is 6.92 Å². The van der Waals surface area contributed by atoms with Crippen molar-refractivity contribution >= 4 is 5.97 Å². The monoisotopic (exact) mass is 164 g/mol. The van der Waals surface area contributed by atoms with Crippen molar-refractivity contribution < 1.29 is 18.4 Å². The third-order valence-electron chi connectivity index (χ3n) is 0.985. The Balaban J connectivity index is 3.69. The Kier molecular flexibility index (Phi) is 3.45. The van der Waals surface area contributed by atoms with E-state index in [4.69, 9.17) is 0 Å². The Hall–Kier alpha value is -0.640. The molecule has 1 unspecified atom stereocenters. The van der Waals surface area contributed by atoms with Crippen LogP contribution in [0.5, 0.6) is 0 Å². The molecule has 0 saturated carbocycles. The zero-order chi connectivity index (χ0) is 9.07. The van der Waals surface area contributed by atoms with Crippen LogP contribution in [-0.2, 0) is 9.53 Å². The van der Waals surface area contributed by atoms with Crippen LogP contribution in [0.2, 0.25) is 0 Å². The van der Waals surface area contributed by atoms with Crippen LogP contribution in [-0.4, -0.2) is 44.5 Å². The Bertz CT molecular complexity index is 142. The molecule has 3 nitrogen and oxygen atoms in total. The van der Waals surface area contributed by atoms with Crippen molar-refractivity contribution in [1.82, 2.24) is 0 Å². The number of esters is 1. The molecule has 0 rings (SSSR count). The van der Waals surface area contributed by atoms with Crippen LogP contribution in [0.15, 0.2) is 0 Å². The van der Waals surface area contributed by atoms with Gasteiger partial charge in [0.05, 0.1) is 21.1 Å². The molecule has 0 spiro atoms. The summed E-state index contributed by atoms with van der Waals surface area (Å²) in [5.74, 6) is -0.578. The van der Waals surface area contributed by atoms with Gasteiger partial charge in [0.2, 0.25) is 0 Å². The molecule has 0 bridgehead atoms. The van der Waals surface area contributed by atoms with Crippen molar-refractivity contribution in [2.24, 2.45) is 0 Å². The first-order valence-corrected chi connectivity index (χ1v) is 3.43. The molecule has 0 radical (unpaired) electrons. The molecule has 0 aliphatic carbocycles. The van der Waals surface area contributed by atoms with Gasteiger partial charge in [-0.1, -0.05) is 0 Å². The van der Waals surface area contributed by atoms with E-state index in [1.54, 1.807) is 0 Å². The van der Waals surface area contributed by atoms with E-state index in [9.17, 15) is 9.18 Å². The van der Waals surface area contributed by atoms with Gasteiger partial charge in [0.1, 0.15) is 6.54 Å². The zero-order valence-electron chi connectivity index (χ0n) is 7.43. The second-order valence-electron chi connectivity index (χ2n) is 3.49. The highest BCUT2D eigenvalue weighted by Gasteiger charge is 2.18. The zero-order valence-corrected chi connectivity index (χ0v) is 7.43. The molecule has 0 amide bonds. The molecule has 0 saturated heterocycles. The van der Waals surface area contributed by atoms with Crippen molar-refractivity contribution in [2.75, 3.05) is 27.7 Å². The third-order valence-corrected chi connectivity index (χ3v) is 0.985. The number of alkyl halides is 1. The molecular formula is C7H15FNO2+. The first kappa shape index (κ1) is 10.4. The maximum absolute atomic E-state index is 12.7. The maximum Gasteiger partial charge on any atom is 0.305 e. The summed E-state index contributed by atoms with van der Waals surface area (Å²) in [7, 11) is 5.49. The third kappa shape index (κ3) is 7.25. The lowest BCUT2D eigenvalue weighted by Gasteiger charge is -2.24. The van der Waals surface area contributed by atoms with Crippen LogP contribution in [0, 0.1) is 0 Å². The minimum atomic E-state index is -1.49. The van der Waals surface area contributed by atoms with Gasteiger partial charge in [-0.15, -0.1) is 0 Å². The average Bonchev–Trinajstić information content (AvgIpc) is 1.53. The summed E-state index contributed by atoms with van der Waals surface area (Å²) in [6.07, 6.45) is -1.49. The van der Waals surface area contributed by atoms with E-state index in [1.807, 2.05) is 21.1 Å². The van der Waals surface area contributed by atoms with Gasteiger partial charge in [0.25, 0.3) is 6.36 Å². The fourth-order valence-electron chi connectivity index (χ4n) is 0.648. The number of ether oxygens (including phenoxy) is 1. The second kappa shape index (κ2) is 3.67. The Morgan fingerprint density at radius 3 is 2.27 bits per heavy atom. The number of nitrogens with zero attached hydrogens (tertiary/aromatic N) is 1. The Morgan fingerprint density at radius 2 is 2.00 bits per heavy atom. The fourth-order valence-corrected chi connectivity index (χ4v) is 0.648. The van der Waals surface area contributed by atoms with Gasteiger partial charge in [0.15, 0.2) is 0 Å². The fraction of sp³-hybridized carbons (Fsp3) is 0.857. The molecule has 0 aromatic carbocycles. The van der Waals surface area contributed by atoms with Crippen molar-refractivity contribution in [1.29, 1.82) is 0 Å². The lowest BCUT2D eigenvalue weighted by Crippen LogP contribution is -2.41. The first-order valence-electron chi connectivity index (χ1n) is 3.43. The summed E-state index contributed by atoms with van der Waals surface area (Å²) in [4.78, 5) is 10.3. The average molecular weight is 164 g/mol. The van der Waals surface area contributed by atoms with E-state index < -0.39 is 12.3 Å². The highest BCUT2D eigenvalue weighted by atomic mass is 19.1. The van der Waals surface area contributed by atoms with E-state index in [-0.39, 0.29) is 6.54 Å². The summed E-state index contributed by atoms with van der Waals surface area (Å²) < 4.78 is 17.4. The molecule has 0 fully saturated rings. The van der Waals surface area contributed by atoms with Gasteiger partial charge in [-0.05, 0) is 0 Å². The van der Waals surface area contributed by atoms with Crippen LogP contribution in [0.4, 0.5) is 4.39 Å². The second-order valence-corrected chi connectivity index (χ2v) is 3.49. The molecule has 0 aliphatic heterocycles. The molecule has 0 aromatic rings. The molecule has 11 heavy (non-hydrogen) atoms. The first-order chi connectivity index (χ1) is 4.81. The van der Waals surface area contributed by atoms with Crippen molar-refractivity contribution in [3.8, 4) is 0 Å². The van der Waals surface area contributed by atoms with E-state index >= 15 is 0 Å². The molecule has 0 aromatic heterocycles. The number of rotatable bonds is 3. The lowest BCUT2D eigenvalue weighted by molar-refractivity contribution is -0.875. The van der Waals surface area contributed by atoms with Crippen LogP contribution in [0.3, 0.4) is 0 Å². The van der Waals surface area contributed by atoms with Gasteiger partial charge in [-0.2, -0.15) is 4.39 Å². The van der Waals surface area contributed by atoms with Crippen LogP contribution >= 0.6 is 0 Å². The SMILES string of the molecule is CC(=O)OC(F)C[N+](C)(C)C. The quantitative estimate of drug-likeness (QED) is 0.450. The molecule has 4 heteroatoms. The standard InChI is InChI=1S/C7H15FNO2/c1-6(10)11-7(8)5-9(2,3)4/h7H,5H2,1-4H3/q+1. The number of hydrogen-bond acceptors (Lipinski definition) is 2. The van der Waals surface area contributed by atoms with Crippen LogP contribution < -0.4 is 0 Å². The highest BCUT2D eigenvalue weighted by molar-refractivity contribution is 5.66.